The van der Waals surface area contributed by atoms with Crippen molar-refractivity contribution in [1.29, 1.82) is 0 Å². The number of benzene rings is 1. The highest BCUT2D eigenvalue weighted by molar-refractivity contribution is 5.63. The van der Waals surface area contributed by atoms with Crippen molar-refractivity contribution < 1.29 is 4.92 Å². The third-order valence-corrected chi connectivity index (χ3v) is 2.53. The maximum Gasteiger partial charge on any atom is 0.273 e. The van der Waals surface area contributed by atoms with Crippen LogP contribution in [-0.4, -0.2) is 20.1 Å². The number of hydrogen-bond acceptors (Lipinski definition) is 4. The average molecular weight is 218 g/mol. The van der Waals surface area contributed by atoms with Gasteiger partial charge in [-0.3, -0.25) is 15.2 Å². The second-order valence-electron chi connectivity index (χ2n) is 3.53. The summed E-state index contributed by atoms with van der Waals surface area (Å²) >= 11 is 0. The average Bonchev–Trinajstić information content (AvgIpc) is 2.74. The molecule has 2 rings (SSSR count). The summed E-state index contributed by atoms with van der Waals surface area (Å²) in [5.41, 5.74) is 2.31. The zero-order valence-corrected chi connectivity index (χ0v) is 8.89. The van der Waals surface area contributed by atoms with Crippen LogP contribution in [0.25, 0.3) is 11.4 Å². The summed E-state index contributed by atoms with van der Waals surface area (Å²) in [5, 5.41) is 17.3. The molecule has 0 spiro atoms. The minimum absolute atomic E-state index is 0.103. The molecule has 0 amide bonds. The van der Waals surface area contributed by atoms with Crippen molar-refractivity contribution in [3.8, 4) is 11.4 Å². The molecular formula is C10H10N4O2. The van der Waals surface area contributed by atoms with Crippen LogP contribution in [0, 0.1) is 24.0 Å². The lowest BCUT2D eigenvalue weighted by Gasteiger charge is -2.04. The Labute approximate surface area is 91.5 Å². The number of aromatic amines is 1. The highest BCUT2D eigenvalue weighted by atomic mass is 16.6. The summed E-state index contributed by atoms with van der Waals surface area (Å²) < 4.78 is 0. The summed E-state index contributed by atoms with van der Waals surface area (Å²) in [6.45, 7) is 3.57. The van der Waals surface area contributed by atoms with Gasteiger partial charge in [0, 0.05) is 17.2 Å². The minimum atomic E-state index is -0.387. The Morgan fingerprint density at radius 3 is 2.69 bits per heavy atom. The van der Waals surface area contributed by atoms with Crippen LogP contribution in [0.5, 0.6) is 0 Å². The SMILES string of the molecule is Cc1cc(-c2ncn[nH]2)cc([N+](=O)[O-])c1C. The van der Waals surface area contributed by atoms with E-state index in [9.17, 15) is 10.1 Å². The number of aryl methyl sites for hydroxylation is 1. The molecule has 1 heterocycles. The molecule has 0 saturated carbocycles. The molecule has 0 fully saturated rings. The van der Waals surface area contributed by atoms with Gasteiger partial charge in [0.1, 0.15) is 6.33 Å². The number of hydrogen-bond donors (Lipinski definition) is 1. The van der Waals surface area contributed by atoms with E-state index in [-0.39, 0.29) is 10.6 Å². The monoisotopic (exact) mass is 218 g/mol. The highest BCUT2D eigenvalue weighted by Crippen LogP contribution is 2.27. The van der Waals surface area contributed by atoms with Crippen LogP contribution >= 0.6 is 0 Å². The zero-order chi connectivity index (χ0) is 11.7. The third kappa shape index (κ3) is 1.65. The number of nitro benzene ring substituents is 1. The van der Waals surface area contributed by atoms with Crippen LogP contribution < -0.4 is 0 Å². The van der Waals surface area contributed by atoms with Crippen LogP contribution in [0.2, 0.25) is 0 Å². The molecule has 2 aromatic rings. The largest absolute Gasteiger partial charge is 0.273 e. The summed E-state index contributed by atoms with van der Waals surface area (Å²) in [5.74, 6) is 0.534. The summed E-state index contributed by atoms with van der Waals surface area (Å²) in [4.78, 5) is 14.4. The summed E-state index contributed by atoms with van der Waals surface area (Å²) in [6, 6.07) is 3.35. The van der Waals surface area contributed by atoms with Crippen molar-refractivity contribution in [3.63, 3.8) is 0 Å². The maximum absolute atomic E-state index is 10.9. The van der Waals surface area contributed by atoms with E-state index in [2.05, 4.69) is 15.2 Å². The fraction of sp³-hybridized carbons (Fsp3) is 0.200. The van der Waals surface area contributed by atoms with Gasteiger partial charge in [-0.15, -0.1) is 0 Å². The lowest BCUT2D eigenvalue weighted by molar-refractivity contribution is -0.385. The van der Waals surface area contributed by atoms with Crippen molar-refractivity contribution in [3.05, 3.63) is 39.7 Å². The van der Waals surface area contributed by atoms with Crippen molar-refractivity contribution in [1.82, 2.24) is 15.2 Å². The second-order valence-corrected chi connectivity index (χ2v) is 3.53. The number of nitrogens with one attached hydrogen (secondary N) is 1. The lowest BCUT2D eigenvalue weighted by atomic mass is 10.0. The van der Waals surface area contributed by atoms with Gasteiger partial charge < -0.3 is 0 Å². The molecule has 1 aromatic heterocycles. The molecule has 0 aliphatic heterocycles. The van der Waals surface area contributed by atoms with E-state index >= 15 is 0 Å². The number of rotatable bonds is 2. The molecule has 16 heavy (non-hydrogen) atoms. The maximum atomic E-state index is 10.9. The summed E-state index contributed by atoms with van der Waals surface area (Å²) in [6.07, 6.45) is 1.37. The number of nitro groups is 1. The smallest absolute Gasteiger partial charge is 0.259 e. The van der Waals surface area contributed by atoms with Crippen LogP contribution in [0.15, 0.2) is 18.5 Å². The Balaban J connectivity index is 2.62. The van der Waals surface area contributed by atoms with Gasteiger partial charge in [0.15, 0.2) is 5.82 Å². The first kappa shape index (κ1) is 10.3. The van der Waals surface area contributed by atoms with Gasteiger partial charge in [0.05, 0.1) is 4.92 Å². The molecule has 0 bridgehead atoms. The van der Waals surface area contributed by atoms with E-state index in [1.807, 2.05) is 13.0 Å². The Morgan fingerprint density at radius 1 is 1.38 bits per heavy atom. The molecular weight excluding hydrogens is 208 g/mol. The Kier molecular flexibility index (Phi) is 2.40. The van der Waals surface area contributed by atoms with Gasteiger partial charge >= 0.3 is 0 Å². The van der Waals surface area contributed by atoms with E-state index in [0.29, 0.717) is 17.0 Å². The van der Waals surface area contributed by atoms with E-state index in [0.717, 1.165) is 5.56 Å². The van der Waals surface area contributed by atoms with Crippen LogP contribution in [0.4, 0.5) is 5.69 Å². The van der Waals surface area contributed by atoms with Gasteiger partial charge in [0.25, 0.3) is 5.69 Å². The Bertz CT molecular complexity index is 534. The van der Waals surface area contributed by atoms with Crippen LogP contribution in [0.3, 0.4) is 0 Å². The van der Waals surface area contributed by atoms with Gasteiger partial charge in [-0.25, -0.2) is 4.98 Å². The molecule has 1 aromatic carbocycles. The fourth-order valence-electron chi connectivity index (χ4n) is 1.51. The standard InChI is InChI=1S/C10H10N4O2/c1-6-3-8(10-11-5-12-13-10)4-9(7(6)2)14(15)16/h3-5H,1-2H3,(H,11,12,13). The van der Waals surface area contributed by atoms with Gasteiger partial charge in [-0.05, 0) is 25.5 Å². The topological polar surface area (TPSA) is 84.7 Å². The molecule has 0 aliphatic carbocycles. The Morgan fingerprint density at radius 2 is 2.12 bits per heavy atom. The highest BCUT2D eigenvalue weighted by Gasteiger charge is 2.15. The molecule has 0 unspecified atom stereocenters. The van der Waals surface area contributed by atoms with Crippen molar-refractivity contribution in [2.45, 2.75) is 13.8 Å². The first-order valence-electron chi connectivity index (χ1n) is 4.71. The van der Waals surface area contributed by atoms with E-state index in [1.54, 1.807) is 6.92 Å². The number of H-pyrrole nitrogens is 1. The van der Waals surface area contributed by atoms with E-state index < -0.39 is 0 Å². The zero-order valence-electron chi connectivity index (χ0n) is 8.89. The molecule has 82 valence electrons. The van der Waals surface area contributed by atoms with Crippen molar-refractivity contribution in [2.24, 2.45) is 0 Å². The third-order valence-electron chi connectivity index (χ3n) is 2.53. The molecule has 0 aliphatic rings. The quantitative estimate of drug-likeness (QED) is 0.617. The first-order chi connectivity index (χ1) is 7.59. The Hall–Kier alpha value is -2.24. The summed E-state index contributed by atoms with van der Waals surface area (Å²) in [7, 11) is 0. The number of aromatic nitrogens is 3. The van der Waals surface area contributed by atoms with Crippen LogP contribution in [0.1, 0.15) is 11.1 Å². The molecule has 0 saturated heterocycles. The van der Waals surface area contributed by atoms with E-state index in [4.69, 9.17) is 0 Å². The first-order valence-corrected chi connectivity index (χ1v) is 4.71. The molecule has 6 nitrogen and oxygen atoms in total. The predicted molar refractivity (Wildman–Crippen MR) is 57.9 cm³/mol. The van der Waals surface area contributed by atoms with Gasteiger partial charge in [-0.2, -0.15) is 5.10 Å². The minimum Gasteiger partial charge on any atom is -0.259 e. The van der Waals surface area contributed by atoms with Crippen LogP contribution in [-0.2, 0) is 0 Å². The molecule has 1 N–H and O–H groups in total. The molecule has 0 atom stereocenters. The van der Waals surface area contributed by atoms with Gasteiger partial charge in [0.2, 0.25) is 0 Å². The molecule has 6 heteroatoms. The normalized spacial score (nSPS) is 10.4. The lowest BCUT2D eigenvalue weighted by Crippen LogP contribution is -1.95. The fourth-order valence-corrected chi connectivity index (χ4v) is 1.51. The predicted octanol–water partition coefficient (Wildman–Crippen LogP) is 2.00. The van der Waals surface area contributed by atoms with E-state index in [1.165, 1.54) is 12.4 Å². The second kappa shape index (κ2) is 3.73. The van der Waals surface area contributed by atoms with Crippen molar-refractivity contribution in [2.75, 3.05) is 0 Å². The number of nitrogens with zero attached hydrogens (tertiary/aromatic N) is 3. The van der Waals surface area contributed by atoms with Crippen molar-refractivity contribution >= 4 is 5.69 Å². The van der Waals surface area contributed by atoms with Gasteiger partial charge in [-0.1, -0.05) is 0 Å². The molecule has 0 radical (unpaired) electrons.